The summed E-state index contributed by atoms with van der Waals surface area (Å²) in [4.78, 5) is 0. The second-order valence-electron chi connectivity index (χ2n) is 6.41. The Kier molecular flexibility index (Phi) is 3.56. The van der Waals surface area contributed by atoms with Crippen LogP contribution in [0.5, 0.6) is 0 Å². The lowest BCUT2D eigenvalue weighted by molar-refractivity contribution is -0.660. The van der Waals surface area contributed by atoms with E-state index in [9.17, 15) is 0 Å². The predicted molar refractivity (Wildman–Crippen MR) is 102 cm³/mol. The van der Waals surface area contributed by atoms with Crippen LogP contribution in [0.3, 0.4) is 0 Å². The first-order valence-corrected chi connectivity index (χ1v) is 8.42. The molecule has 1 heteroatoms. The highest BCUT2D eigenvalue weighted by molar-refractivity contribution is 5.75. The van der Waals surface area contributed by atoms with Crippen LogP contribution in [0, 0.1) is 20.7 Å². The Bertz CT molecular complexity index is 973. The van der Waals surface area contributed by atoms with Gasteiger partial charge in [0.15, 0.2) is 6.20 Å². The topological polar surface area (TPSA) is 3.88 Å². The average molecular weight is 319 g/mol. The fraction of sp³-hybridized carbons (Fsp3) is 0.261. The summed E-state index contributed by atoms with van der Waals surface area (Å²) in [6, 6.07) is 15.8. The zero-order chi connectivity index (χ0) is 19.8. The molecule has 0 aliphatic carbocycles. The Morgan fingerprint density at radius 1 is 0.917 bits per heavy atom. The molecule has 0 fully saturated rings. The number of benzene rings is 2. The van der Waals surface area contributed by atoms with Gasteiger partial charge in [-0.05, 0) is 61.0 Å². The van der Waals surface area contributed by atoms with Crippen molar-refractivity contribution in [2.24, 2.45) is 7.05 Å². The molecule has 0 unspecified atom stereocenters. The normalized spacial score (nSPS) is 13.2. The summed E-state index contributed by atoms with van der Waals surface area (Å²) in [5, 5.41) is 0. The zero-order valence-electron chi connectivity index (χ0n) is 17.9. The molecule has 3 aromatic rings. The number of pyridine rings is 1. The van der Waals surface area contributed by atoms with Crippen LogP contribution in [0.4, 0.5) is 0 Å². The maximum atomic E-state index is 7.99. The van der Waals surface area contributed by atoms with E-state index in [2.05, 4.69) is 30.7 Å². The molecule has 0 atom stereocenters. The van der Waals surface area contributed by atoms with Gasteiger partial charge in [0.1, 0.15) is 7.05 Å². The standard InChI is InChI=1S/C23H26N/c1-6-19-15-24(5)23(13-16(19)2)22-14-21(17(3)12-18(22)4)20-10-8-7-9-11-20/h7-15H,6H2,1-5H3/q+1/i3D3. The molecule has 122 valence electrons. The molecule has 0 aliphatic rings. The first-order chi connectivity index (χ1) is 12.7. The molecule has 0 saturated carbocycles. The van der Waals surface area contributed by atoms with E-state index in [0.29, 0.717) is 5.56 Å². The second-order valence-corrected chi connectivity index (χ2v) is 6.41. The fourth-order valence-corrected chi connectivity index (χ4v) is 3.28. The molecule has 0 bridgehead atoms. The Morgan fingerprint density at radius 3 is 2.33 bits per heavy atom. The minimum Gasteiger partial charge on any atom is -0.201 e. The second kappa shape index (κ2) is 6.60. The third kappa shape index (κ3) is 2.99. The van der Waals surface area contributed by atoms with Gasteiger partial charge in [-0.1, -0.05) is 43.3 Å². The third-order valence-electron chi connectivity index (χ3n) is 4.70. The van der Waals surface area contributed by atoms with Gasteiger partial charge in [0, 0.05) is 21.3 Å². The highest BCUT2D eigenvalue weighted by Gasteiger charge is 2.17. The predicted octanol–water partition coefficient (Wildman–Crippen LogP) is 5.33. The summed E-state index contributed by atoms with van der Waals surface area (Å²) in [6.45, 7) is 4.12. The van der Waals surface area contributed by atoms with Crippen molar-refractivity contribution in [3.8, 4) is 22.4 Å². The van der Waals surface area contributed by atoms with Crippen molar-refractivity contribution in [3.63, 3.8) is 0 Å². The van der Waals surface area contributed by atoms with E-state index in [1.165, 1.54) is 11.1 Å². The van der Waals surface area contributed by atoms with Crippen molar-refractivity contribution in [2.75, 3.05) is 0 Å². The lowest BCUT2D eigenvalue weighted by Gasteiger charge is -2.13. The van der Waals surface area contributed by atoms with E-state index in [0.717, 1.165) is 34.4 Å². The van der Waals surface area contributed by atoms with Gasteiger partial charge < -0.3 is 0 Å². The van der Waals surface area contributed by atoms with Crippen molar-refractivity contribution in [1.29, 1.82) is 0 Å². The number of aryl methyl sites for hydroxylation is 5. The summed E-state index contributed by atoms with van der Waals surface area (Å²) in [5.41, 5.74) is 7.81. The molecule has 0 N–H and O–H groups in total. The zero-order valence-corrected chi connectivity index (χ0v) is 14.9. The Labute approximate surface area is 149 Å². The SMILES string of the molecule is [2H]C([2H])([2H])c1cc(C)c(-c2cc(C)c(CC)c[n+]2C)cc1-c1ccccc1. The van der Waals surface area contributed by atoms with Gasteiger partial charge in [-0.3, -0.25) is 0 Å². The van der Waals surface area contributed by atoms with Gasteiger partial charge in [0.25, 0.3) is 0 Å². The molecule has 0 amide bonds. The molecular weight excluding hydrogens is 290 g/mol. The molecule has 0 spiro atoms. The maximum absolute atomic E-state index is 7.99. The van der Waals surface area contributed by atoms with Crippen LogP contribution in [-0.2, 0) is 13.5 Å². The lowest BCUT2D eigenvalue weighted by atomic mass is 9.92. The van der Waals surface area contributed by atoms with Crippen LogP contribution in [0.15, 0.2) is 54.7 Å². The first kappa shape index (κ1) is 12.9. The largest absolute Gasteiger partial charge is 0.212 e. The van der Waals surface area contributed by atoms with E-state index in [1.54, 1.807) is 0 Å². The van der Waals surface area contributed by atoms with Gasteiger partial charge in [-0.15, -0.1) is 0 Å². The number of hydrogen-bond donors (Lipinski definition) is 0. The van der Waals surface area contributed by atoms with E-state index in [4.69, 9.17) is 4.11 Å². The van der Waals surface area contributed by atoms with Crippen molar-refractivity contribution >= 4 is 0 Å². The monoisotopic (exact) mass is 319 g/mol. The van der Waals surface area contributed by atoms with Crippen molar-refractivity contribution in [1.82, 2.24) is 0 Å². The van der Waals surface area contributed by atoms with Crippen molar-refractivity contribution < 1.29 is 8.68 Å². The van der Waals surface area contributed by atoms with Gasteiger partial charge in [0.05, 0.1) is 0 Å². The van der Waals surface area contributed by atoms with Crippen LogP contribution >= 0.6 is 0 Å². The Balaban J connectivity index is 2.29. The smallest absolute Gasteiger partial charge is 0.201 e. The third-order valence-corrected chi connectivity index (χ3v) is 4.70. The molecule has 1 heterocycles. The molecule has 0 aliphatic heterocycles. The van der Waals surface area contributed by atoms with Crippen molar-refractivity contribution in [3.05, 3.63) is 77.0 Å². The molecular formula is C23H26N+. The van der Waals surface area contributed by atoms with E-state index in [1.807, 2.05) is 56.4 Å². The molecule has 0 saturated heterocycles. The van der Waals surface area contributed by atoms with Crippen LogP contribution < -0.4 is 4.57 Å². The number of rotatable bonds is 3. The van der Waals surface area contributed by atoms with Crippen molar-refractivity contribution in [2.45, 2.75) is 34.0 Å². The minimum absolute atomic E-state index is 0.402. The highest BCUT2D eigenvalue weighted by Crippen LogP contribution is 2.31. The molecule has 2 aromatic carbocycles. The highest BCUT2D eigenvalue weighted by atomic mass is 14.9. The number of aromatic nitrogens is 1. The van der Waals surface area contributed by atoms with E-state index >= 15 is 0 Å². The molecule has 1 nitrogen and oxygen atoms in total. The number of nitrogens with zero attached hydrogens (tertiary/aromatic N) is 1. The Hall–Kier alpha value is -2.41. The minimum atomic E-state index is -2.15. The summed E-state index contributed by atoms with van der Waals surface area (Å²) < 4.78 is 26.1. The van der Waals surface area contributed by atoms with Crippen LogP contribution in [0.1, 0.15) is 33.3 Å². The molecule has 3 rings (SSSR count). The van der Waals surface area contributed by atoms with Gasteiger partial charge in [-0.2, -0.15) is 0 Å². The van der Waals surface area contributed by atoms with E-state index in [-0.39, 0.29) is 0 Å². The van der Waals surface area contributed by atoms with E-state index < -0.39 is 6.85 Å². The van der Waals surface area contributed by atoms with Crippen LogP contribution in [0.25, 0.3) is 22.4 Å². The summed E-state index contributed by atoms with van der Waals surface area (Å²) in [6.07, 6.45) is 3.16. The first-order valence-electron chi connectivity index (χ1n) is 9.92. The van der Waals surface area contributed by atoms with Gasteiger partial charge in [0.2, 0.25) is 5.69 Å². The average Bonchev–Trinajstić information content (AvgIpc) is 2.63. The summed E-state index contributed by atoms with van der Waals surface area (Å²) >= 11 is 0. The molecule has 24 heavy (non-hydrogen) atoms. The van der Waals surface area contributed by atoms with Gasteiger partial charge >= 0.3 is 0 Å². The Morgan fingerprint density at radius 2 is 1.67 bits per heavy atom. The summed E-state index contributed by atoms with van der Waals surface area (Å²) in [5.74, 6) is 0. The quantitative estimate of drug-likeness (QED) is 0.574. The molecule has 0 radical (unpaired) electrons. The lowest BCUT2D eigenvalue weighted by Crippen LogP contribution is -2.32. The summed E-state index contributed by atoms with van der Waals surface area (Å²) in [7, 11) is 2.05. The molecule has 1 aromatic heterocycles. The number of hydrogen-bond acceptors (Lipinski definition) is 0. The fourth-order valence-electron chi connectivity index (χ4n) is 3.28. The van der Waals surface area contributed by atoms with Crippen LogP contribution in [0.2, 0.25) is 0 Å². The van der Waals surface area contributed by atoms with Gasteiger partial charge in [-0.25, -0.2) is 4.57 Å². The van der Waals surface area contributed by atoms with Crippen LogP contribution in [-0.4, -0.2) is 0 Å². The maximum Gasteiger partial charge on any atom is 0.212 e.